The van der Waals surface area contributed by atoms with E-state index in [0.29, 0.717) is 21.9 Å². The molecule has 0 amide bonds. The Bertz CT molecular complexity index is 1400. The van der Waals surface area contributed by atoms with E-state index < -0.39 is 0 Å². The fourth-order valence-electron chi connectivity index (χ4n) is 4.36. The molecule has 154 valence electrons. The van der Waals surface area contributed by atoms with Crippen molar-refractivity contribution >= 4 is 34.3 Å². The van der Waals surface area contributed by atoms with Crippen molar-refractivity contribution in [1.82, 2.24) is 13.7 Å². The van der Waals surface area contributed by atoms with Crippen LogP contribution in [0.3, 0.4) is 0 Å². The Balaban J connectivity index is 1.98. The number of fused-ring (bicyclic) bond motifs is 3. The van der Waals surface area contributed by atoms with Crippen LogP contribution in [0.1, 0.15) is 23.6 Å². The number of hydrogen-bond acceptors (Lipinski definition) is 4. The van der Waals surface area contributed by atoms with Crippen LogP contribution in [-0.2, 0) is 20.6 Å². The third kappa shape index (κ3) is 2.72. The van der Waals surface area contributed by atoms with Crippen molar-refractivity contribution in [2.75, 3.05) is 0 Å². The molecular formula is C22H20ClN3O3S. The van der Waals surface area contributed by atoms with Gasteiger partial charge in [0.2, 0.25) is 0 Å². The predicted octanol–water partition coefficient (Wildman–Crippen LogP) is 4.18. The summed E-state index contributed by atoms with van der Waals surface area (Å²) in [5, 5.41) is 0.966. The van der Waals surface area contributed by atoms with Crippen molar-refractivity contribution in [3.05, 3.63) is 80.0 Å². The Morgan fingerprint density at radius 1 is 1.07 bits per heavy atom. The molecule has 8 heteroatoms. The molecule has 30 heavy (non-hydrogen) atoms. The van der Waals surface area contributed by atoms with Gasteiger partial charge in [-0.25, -0.2) is 4.79 Å². The molecule has 5 rings (SSSR count). The zero-order valence-corrected chi connectivity index (χ0v) is 18.3. The number of benzene rings is 1. The fraction of sp³-hybridized carbons (Fsp3) is 0.273. The highest BCUT2D eigenvalue weighted by molar-refractivity contribution is 8.00. The maximum absolute atomic E-state index is 13.3. The van der Waals surface area contributed by atoms with E-state index in [-0.39, 0.29) is 21.7 Å². The Kier molecular flexibility index (Phi) is 4.48. The first-order valence-corrected chi connectivity index (χ1v) is 11.0. The lowest BCUT2D eigenvalue weighted by molar-refractivity contribution is 0.507. The summed E-state index contributed by atoms with van der Waals surface area (Å²) >= 11 is 7.82. The van der Waals surface area contributed by atoms with Gasteiger partial charge in [-0.05, 0) is 29.3 Å². The predicted molar refractivity (Wildman–Crippen MR) is 120 cm³/mol. The molecule has 0 radical (unpaired) electrons. The minimum absolute atomic E-state index is 0.182. The van der Waals surface area contributed by atoms with Crippen LogP contribution in [0.15, 0.2) is 56.5 Å². The SMILES string of the molecule is CC1Cn2c(-c3ccccc3)c3c(=O)n(C)c(=O)n(C)c3c2C(c2ccc(Cl)o2)S1. The quantitative estimate of drug-likeness (QED) is 0.468. The number of halogens is 1. The van der Waals surface area contributed by atoms with Crippen molar-refractivity contribution < 1.29 is 4.42 Å². The average molecular weight is 442 g/mol. The van der Waals surface area contributed by atoms with Crippen LogP contribution in [-0.4, -0.2) is 19.0 Å². The molecule has 1 aromatic carbocycles. The molecule has 4 heterocycles. The Labute approximate surface area is 181 Å². The largest absolute Gasteiger partial charge is 0.448 e. The summed E-state index contributed by atoms with van der Waals surface area (Å²) in [7, 11) is 3.24. The third-order valence-electron chi connectivity index (χ3n) is 5.66. The third-order valence-corrected chi connectivity index (χ3v) is 7.21. The molecule has 0 N–H and O–H groups in total. The molecule has 0 fully saturated rings. The van der Waals surface area contributed by atoms with Crippen LogP contribution in [0.5, 0.6) is 0 Å². The number of aryl methyl sites for hydroxylation is 1. The molecule has 1 aliphatic heterocycles. The van der Waals surface area contributed by atoms with Gasteiger partial charge in [0.1, 0.15) is 11.0 Å². The monoisotopic (exact) mass is 441 g/mol. The molecule has 6 nitrogen and oxygen atoms in total. The van der Waals surface area contributed by atoms with E-state index in [2.05, 4.69) is 11.5 Å². The summed E-state index contributed by atoms with van der Waals surface area (Å²) in [5.41, 5.74) is 2.70. The molecule has 0 saturated heterocycles. The molecule has 3 aromatic heterocycles. The number of furan rings is 1. The van der Waals surface area contributed by atoms with Crippen LogP contribution in [0.25, 0.3) is 22.2 Å². The molecule has 1 aliphatic rings. The first kappa shape index (κ1) is 19.3. The standard InChI is InChI=1S/C22H20ClN3O3S/c1-12-11-26-17(13-7-5-4-6-8-13)16-18(24(2)22(28)25(3)21(16)27)19(26)20(30-12)14-9-10-15(23)29-14/h4-10,12,20H,11H2,1-3H3. The summed E-state index contributed by atoms with van der Waals surface area (Å²) in [4.78, 5) is 26.1. The minimum Gasteiger partial charge on any atom is -0.448 e. The van der Waals surface area contributed by atoms with Crippen LogP contribution in [0.4, 0.5) is 0 Å². The molecular weight excluding hydrogens is 422 g/mol. The number of thioether (sulfide) groups is 1. The van der Waals surface area contributed by atoms with Gasteiger partial charge >= 0.3 is 5.69 Å². The molecule has 0 saturated carbocycles. The number of nitrogens with zero attached hydrogens (tertiary/aromatic N) is 3. The van der Waals surface area contributed by atoms with E-state index in [1.54, 1.807) is 29.4 Å². The summed E-state index contributed by atoms with van der Waals surface area (Å²) in [6.07, 6.45) is 0. The highest BCUT2D eigenvalue weighted by atomic mass is 35.5. The number of rotatable bonds is 2. The lowest BCUT2D eigenvalue weighted by Crippen LogP contribution is -2.37. The highest BCUT2D eigenvalue weighted by Gasteiger charge is 2.36. The maximum atomic E-state index is 13.3. The van der Waals surface area contributed by atoms with Gasteiger partial charge in [0, 0.05) is 25.9 Å². The number of aromatic nitrogens is 3. The summed E-state index contributed by atoms with van der Waals surface area (Å²) in [5.74, 6) is 0.713. The molecule has 2 unspecified atom stereocenters. The van der Waals surface area contributed by atoms with Crippen LogP contribution in [0, 0.1) is 0 Å². The molecule has 4 aromatic rings. The van der Waals surface area contributed by atoms with Gasteiger partial charge in [0.15, 0.2) is 5.22 Å². The Morgan fingerprint density at radius 2 is 1.80 bits per heavy atom. The lowest BCUT2D eigenvalue weighted by atomic mass is 10.1. The van der Waals surface area contributed by atoms with E-state index in [1.807, 2.05) is 36.4 Å². The van der Waals surface area contributed by atoms with Crippen molar-refractivity contribution in [2.24, 2.45) is 14.1 Å². The van der Waals surface area contributed by atoms with Crippen molar-refractivity contribution in [3.8, 4) is 11.3 Å². The van der Waals surface area contributed by atoms with Crippen LogP contribution < -0.4 is 11.2 Å². The molecule has 0 aliphatic carbocycles. The van der Waals surface area contributed by atoms with E-state index in [4.69, 9.17) is 16.0 Å². The zero-order chi connectivity index (χ0) is 21.2. The van der Waals surface area contributed by atoms with Gasteiger partial charge < -0.3 is 8.98 Å². The van der Waals surface area contributed by atoms with Gasteiger partial charge in [0.25, 0.3) is 5.56 Å². The van der Waals surface area contributed by atoms with Gasteiger partial charge in [0.05, 0.1) is 22.3 Å². The van der Waals surface area contributed by atoms with Gasteiger partial charge in [-0.3, -0.25) is 13.9 Å². The van der Waals surface area contributed by atoms with E-state index in [0.717, 1.165) is 23.5 Å². The first-order chi connectivity index (χ1) is 14.4. The molecule has 0 spiro atoms. The minimum atomic E-state index is -0.347. The van der Waals surface area contributed by atoms with Crippen molar-refractivity contribution in [1.29, 1.82) is 0 Å². The second-order valence-corrected chi connectivity index (χ2v) is 9.53. The van der Waals surface area contributed by atoms with E-state index >= 15 is 0 Å². The van der Waals surface area contributed by atoms with Crippen LogP contribution >= 0.6 is 23.4 Å². The van der Waals surface area contributed by atoms with E-state index in [1.165, 1.54) is 11.6 Å². The topological polar surface area (TPSA) is 62.1 Å². The first-order valence-electron chi connectivity index (χ1n) is 9.66. The summed E-state index contributed by atoms with van der Waals surface area (Å²) in [6, 6.07) is 13.4. The van der Waals surface area contributed by atoms with Gasteiger partial charge in [-0.1, -0.05) is 37.3 Å². The zero-order valence-electron chi connectivity index (χ0n) is 16.8. The van der Waals surface area contributed by atoms with Crippen LogP contribution in [0.2, 0.25) is 5.22 Å². The van der Waals surface area contributed by atoms with Crippen molar-refractivity contribution in [3.63, 3.8) is 0 Å². The van der Waals surface area contributed by atoms with Crippen molar-refractivity contribution in [2.45, 2.75) is 24.0 Å². The Morgan fingerprint density at radius 3 is 2.47 bits per heavy atom. The Hall–Kier alpha value is -2.64. The highest BCUT2D eigenvalue weighted by Crippen LogP contribution is 2.48. The maximum Gasteiger partial charge on any atom is 0.331 e. The molecule has 2 atom stereocenters. The second kappa shape index (κ2) is 6.96. The lowest BCUT2D eigenvalue weighted by Gasteiger charge is -2.29. The summed E-state index contributed by atoms with van der Waals surface area (Å²) < 4.78 is 10.7. The van der Waals surface area contributed by atoms with Gasteiger partial charge in [-0.2, -0.15) is 0 Å². The summed E-state index contributed by atoms with van der Waals surface area (Å²) in [6.45, 7) is 2.88. The second-order valence-electron chi connectivity index (χ2n) is 7.61. The number of hydrogen-bond donors (Lipinski definition) is 0. The fourth-order valence-corrected chi connectivity index (χ4v) is 5.84. The molecule has 0 bridgehead atoms. The normalized spacial score (nSPS) is 18.7. The van der Waals surface area contributed by atoms with E-state index in [9.17, 15) is 9.59 Å². The average Bonchev–Trinajstić information content (AvgIpc) is 3.32. The smallest absolute Gasteiger partial charge is 0.331 e. The van der Waals surface area contributed by atoms with Gasteiger partial charge in [-0.15, -0.1) is 11.8 Å².